The van der Waals surface area contributed by atoms with Gasteiger partial charge in [-0.25, -0.2) is 9.37 Å². The van der Waals surface area contributed by atoms with Crippen molar-refractivity contribution < 1.29 is 28.2 Å². The number of nitrogens with zero attached hydrogens (tertiary/aromatic N) is 4. The summed E-state index contributed by atoms with van der Waals surface area (Å²) >= 11 is 0. The van der Waals surface area contributed by atoms with Crippen LogP contribution in [0.2, 0.25) is 0 Å². The lowest BCUT2D eigenvalue weighted by Crippen LogP contribution is -2.36. The Morgan fingerprint density at radius 1 is 1.08 bits per heavy atom. The Balaban J connectivity index is 1.22. The molecule has 1 atom stereocenters. The average molecular weight is 505 g/mol. The van der Waals surface area contributed by atoms with Crippen LogP contribution >= 0.6 is 0 Å². The van der Waals surface area contributed by atoms with Crippen LogP contribution in [0.4, 0.5) is 10.1 Å². The number of rotatable bonds is 7. The van der Waals surface area contributed by atoms with Crippen molar-refractivity contribution >= 4 is 23.4 Å². The fourth-order valence-corrected chi connectivity index (χ4v) is 4.25. The Kier molecular flexibility index (Phi) is 6.47. The van der Waals surface area contributed by atoms with E-state index in [0.29, 0.717) is 48.1 Å². The van der Waals surface area contributed by atoms with Gasteiger partial charge < -0.3 is 24.2 Å². The van der Waals surface area contributed by atoms with E-state index in [1.54, 1.807) is 37.2 Å². The van der Waals surface area contributed by atoms with E-state index >= 15 is 0 Å². The van der Waals surface area contributed by atoms with Gasteiger partial charge in [0.15, 0.2) is 6.10 Å². The van der Waals surface area contributed by atoms with Crippen LogP contribution in [0.25, 0.3) is 0 Å². The van der Waals surface area contributed by atoms with Crippen molar-refractivity contribution in [2.45, 2.75) is 19.1 Å². The lowest BCUT2D eigenvalue weighted by Gasteiger charge is -2.18. The zero-order valence-electron chi connectivity index (χ0n) is 20.4. The number of benzene rings is 2. The van der Waals surface area contributed by atoms with E-state index in [2.05, 4.69) is 4.98 Å². The summed E-state index contributed by atoms with van der Waals surface area (Å²) in [6.07, 6.45) is 1.25. The first-order valence-corrected chi connectivity index (χ1v) is 11.8. The molecule has 2 aliphatic heterocycles. The molecule has 1 fully saturated rings. The van der Waals surface area contributed by atoms with Crippen LogP contribution in [-0.4, -0.2) is 65.8 Å². The van der Waals surface area contributed by atoms with Crippen LogP contribution in [0.3, 0.4) is 0 Å². The highest BCUT2D eigenvalue weighted by Crippen LogP contribution is 2.31. The monoisotopic (exact) mass is 504 g/mol. The second kappa shape index (κ2) is 9.88. The Morgan fingerprint density at radius 3 is 2.54 bits per heavy atom. The maximum atomic E-state index is 13.1. The normalized spacial score (nSPS) is 16.7. The minimum absolute atomic E-state index is 0.0101. The van der Waals surface area contributed by atoms with Gasteiger partial charge in [-0.1, -0.05) is 6.07 Å². The van der Waals surface area contributed by atoms with Crippen molar-refractivity contribution in [1.82, 2.24) is 14.8 Å². The van der Waals surface area contributed by atoms with E-state index in [-0.39, 0.29) is 30.1 Å². The summed E-state index contributed by atoms with van der Waals surface area (Å²) in [7, 11) is 3.30. The van der Waals surface area contributed by atoms with Crippen molar-refractivity contribution in [3.63, 3.8) is 0 Å². The molecule has 3 aromatic rings. The number of fused-ring (bicyclic) bond motifs is 1. The molecular weight excluding hydrogens is 479 g/mol. The number of hydrogen-bond acceptors (Lipinski definition) is 6. The Bertz CT molecular complexity index is 1340. The van der Waals surface area contributed by atoms with Gasteiger partial charge >= 0.3 is 0 Å². The third-order valence-corrected chi connectivity index (χ3v) is 6.29. The predicted molar refractivity (Wildman–Crippen MR) is 132 cm³/mol. The number of amides is 3. The fourth-order valence-electron chi connectivity index (χ4n) is 4.25. The number of halogens is 1. The van der Waals surface area contributed by atoms with E-state index in [0.717, 1.165) is 5.56 Å². The standard InChI is InChI=1S/C27H25FN4O5/c1-30(2)25(33)16-31-15-17-3-6-19(13-22(17)26(31)34)32-12-11-23(27(32)35)36-21-9-10-24(29-14-21)37-20-7-4-18(28)5-8-20/h3-10,13-14,23H,11-12,15-16H2,1-2H3. The molecule has 2 aliphatic rings. The molecule has 0 N–H and O–H groups in total. The maximum absolute atomic E-state index is 13.1. The molecule has 5 rings (SSSR count). The number of carbonyl (C=O) groups excluding carboxylic acids is 3. The van der Waals surface area contributed by atoms with Crippen molar-refractivity contribution in [1.29, 1.82) is 0 Å². The average Bonchev–Trinajstić information content (AvgIpc) is 3.40. The molecule has 0 bridgehead atoms. The third-order valence-electron chi connectivity index (χ3n) is 6.29. The lowest BCUT2D eigenvalue weighted by atomic mass is 10.1. The molecule has 9 nitrogen and oxygen atoms in total. The van der Waals surface area contributed by atoms with E-state index in [1.807, 2.05) is 12.1 Å². The van der Waals surface area contributed by atoms with Gasteiger partial charge in [-0.15, -0.1) is 0 Å². The van der Waals surface area contributed by atoms with Crippen molar-refractivity contribution in [3.05, 3.63) is 77.7 Å². The number of carbonyl (C=O) groups is 3. The zero-order valence-corrected chi connectivity index (χ0v) is 20.4. The van der Waals surface area contributed by atoms with Gasteiger partial charge in [0.2, 0.25) is 11.8 Å². The molecule has 0 saturated carbocycles. The first kappa shape index (κ1) is 24.2. The van der Waals surface area contributed by atoms with Crippen molar-refractivity contribution in [2.24, 2.45) is 0 Å². The second-order valence-electron chi connectivity index (χ2n) is 9.06. The van der Waals surface area contributed by atoms with Gasteiger partial charge in [-0.2, -0.15) is 0 Å². The molecule has 10 heteroatoms. The van der Waals surface area contributed by atoms with Gasteiger partial charge in [-0.05, 0) is 48.0 Å². The maximum Gasteiger partial charge on any atom is 0.268 e. The fraction of sp³-hybridized carbons (Fsp3) is 0.259. The quantitative estimate of drug-likeness (QED) is 0.491. The number of pyridine rings is 1. The minimum atomic E-state index is -0.691. The molecule has 3 amide bonds. The molecular formula is C27H25FN4O5. The van der Waals surface area contributed by atoms with Gasteiger partial charge in [0.25, 0.3) is 11.8 Å². The van der Waals surface area contributed by atoms with Gasteiger partial charge in [0, 0.05) is 50.9 Å². The molecule has 0 spiro atoms. The van der Waals surface area contributed by atoms with Crippen LogP contribution in [0, 0.1) is 5.82 Å². The molecule has 1 saturated heterocycles. The van der Waals surface area contributed by atoms with Gasteiger partial charge in [-0.3, -0.25) is 14.4 Å². The molecule has 0 radical (unpaired) electrons. The summed E-state index contributed by atoms with van der Waals surface area (Å²) in [5.41, 5.74) is 1.95. The predicted octanol–water partition coefficient (Wildman–Crippen LogP) is 3.24. The number of hydrogen-bond donors (Lipinski definition) is 0. The number of likely N-dealkylation sites (N-methyl/N-ethyl adjacent to an activating group) is 1. The van der Waals surface area contributed by atoms with Crippen LogP contribution in [-0.2, 0) is 16.1 Å². The van der Waals surface area contributed by atoms with E-state index in [4.69, 9.17) is 9.47 Å². The SMILES string of the molecule is CN(C)C(=O)CN1Cc2ccc(N3CCC(Oc4ccc(Oc5ccc(F)cc5)nc4)C3=O)cc2C1=O. The highest BCUT2D eigenvalue weighted by Gasteiger charge is 2.36. The first-order valence-electron chi connectivity index (χ1n) is 11.8. The molecule has 0 aliphatic carbocycles. The topological polar surface area (TPSA) is 92.3 Å². The summed E-state index contributed by atoms with van der Waals surface area (Å²) in [6, 6.07) is 14.2. The molecule has 1 aromatic heterocycles. The lowest BCUT2D eigenvalue weighted by molar-refractivity contribution is -0.129. The van der Waals surface area contributed by atoms with Gasteiger partial charge in [0.1, 0.15) is 23.9 Å². The summed E-state index contributed by atoms with van der Waals surface area (Å²) in [5, 5.41) is 0. The minimum Gasteiger partial charge on any atom is -0.479 e. The number of ether oxygens (including phenoxy) is 2. The summed E-state index contributed by atoms with van der Waals surface area (Å²) in [5.74, 6) is 0.228. The van der Waals surface area contributed by atoms with E-state index in [1.165, 1.54) is 40.3 Å². The first-order chi connectivity index (χ1) is 17.8. The molecule has 2 aromatic carbocycles. The highest BCUT2D eigenvalue weighted by molar-refractivity contribution is 6.03. The summed E-state index contributed by atoms with van der Waals surface area (Å²) in [4.78, 5) is 46.8. The smallest absolute Gasteiger partial charge is 0.268 e. The van der Waals surface area contributed by atoms with E-state index < -0.39 is 6.10 Å². The third kappa shape index (κ3) is 5.09. The Morgan fingerprint density at radius 2 is 1.84 bits per heavy atom. The summed E-state index contributed by atoms with van der Waals surface area (Å²) in [6.45, 7) is 0.816. The van der Waals surface area contributed by atoms with Crippen LogP contribution in [0.15, 0.2) is 60.8 Å². The van der Waals surface area contributed by atoms with Crippen LogP contribution in [0.5, 0.6) is 17.4 Å². The zero-order chi connectivity index (χ0) is 26.1. The van der Waals surface area contributed by atoms with Crippen LogP contribution in [0.1, 0.15) is 22.3 Å². The summed E-state index contributed by atoms with van der Waals surface area (Å²) < 4.78 is 24.5. The largest absolute Gasteiger partial charge is 0.479 e. The van der Waals surface area contributed by atoms with Crippen molar-refractivity contribution in [3.8, 4) is 17.4 Å². The van der Waals surface area contributed by atoms with Crippen LogP contribution < -0.4 is 14.4 Å². The highest BCUT2D eigenvalue weighted by atomic mass is 19.1. The Labute approximate surface area is 213 Å². The number of anilines is 1. The molecule has 37 heavy (non-hydrogen) atoms. The van der Waals surface area contributed by atoms with Gasteiger partial charge in [0.05, 0.1) is 6.20 Å². The Hall–Kier alpha value is -4.47. The number of aromatic nitrogens is 1. The molecule has 3 heterocycles. The van der Waals surface area contributed by atoms with E-state index in [9.17, 15) is 18.8 Å². The molecule has 1 unspecified atom stereocenters. The van der Waals surface area contributed by atoms with Crippen molar-refractivity contribution in [2.75, 3.05) is 32.1 Å². The second-order valence-corrected chi connectivity index (χ2v) is 9.06. The molecule has 190 valence electrons.